The third-order valence-corrected chi connectivity index (χ3v) is 2.93. The van der Waals surface area contributed by atoms with Gasteiger partial charge in [0.1, 0.15) is 0 Å². The van der Waals surface area contributed by atoms with Crippen molar-refractivity contribution in [2.45, 2.75) is 45.3 Å². The highest BCUT2D eigenvalue weighted by Gasteiger charge is 2.22. The predicted molar refractivity (Wildman–Crippen MR) is 66.3 cm³/mol. The van der Waals surface area contributed by atoms with Crippen LogP contribution in [-0.2, 0) is 4.74 Å². The van der Waals surface area contributed by atoms with E-state index < -0.39 is 0 Å². The van der Waals surface area contributed by atoms with Gasteiger partial charge in [0.15, 0.2) is 0 Å². The molecule has 0 radical (unpaired) electrons. The molecule has 1 atom stereocenters. The van der Waals surface area contributed by atoms with Gasteiger partial charge in [0.25, 0.3) is 0 Å². The van der Waals surface area contributed by atoms with Crippen LogP contribution in [0, 0.1) is 0 Å². The van der Waals surface area contributed by atoms with Crippen molar-refractivity contribution in [2.24, 2.45) is 0 Å². The summed E-state index contributed by atoms with van der Waals surface area (Å²) in [6, 6.07) is 0. The topological polar surface area (TPSA) is 24.5 Å². The Morgan fingerprint density at radius 3 is 2.33 bits per heavy atom. The van der Waals surface area contributed by atoms with Crippen LogP contribution in [0.15, 0.2) is 0 Å². The van der Waals surface area contributed by atoms with Gasteiger partial charge in [-0.15, -0.1) is 0 Å². The zero-order valence-corrected chi connectivity index (χ0v) is 11.3. The molecule has 0 aromatic rings. The first-order valence-corrected chi connectivity index (χ1v) is 5.87. The fourth-order valence-electron chi connectivity index (χ4n) is 1.24. The van der Waals surface area contributed by atoms with Crippen molar-refractivity contribution in [3.63, 3.8) is 0 Å². The van der Waals surface area contributed by atoms with Gasteiger partial charge >= 0.3 is 0 Å². The molecule has 0 aromatic carbocycles. The summed E-state index contributed by atoms with van der Waals surface area (Å²) in [7, 11) is 6.16. The van der Waals surface area contributed by atoms with Gasteiger partial charge in [-0.25, -0.2) is 0 Å². The minimum atomic E-state index is 0.111. The van der Waals surface area contributed by atoms with Gasteiger partial charge in [0, 0.05) is 12.1 Å². The highest BCUT2D eigenvalue weighted by Crippen LogP contribution is 2.12. The molecule has 15 heavy (non-hydrogen) atoms. The van der Waals surface area contributed by atoms with E-state index in [1.807, 2.05) is 7.05 Å². The van der Waals surface area contributed by atoms with Gasteiger partial charge in [-0.05, 0) is 41.4 Å². The Morgan fingerprint density at radius 2 is 1.93 bits per heavy atom. The molecule has 0 spiro atoms. The second-order valence-corrected chi connectivity index (χ2v) is 4.99. The molecule has 1 unspecified atom stereocenters. The first-order valence-electron chi connectivity index (χ1n) is 5.87. The highest BCUT2D eigenvalue weighted by atomic mass is 16.5. The van der Waals surface area contributed by atoms with E-state index in [1.165, 1.54) is 6.42 Å². The lowest BCUT2D eigenvalue weighted by molar-refractivity contribution is -0.0138. The molecule has 3 nitrogen and oxygen atoms in total. The maximum absolute atomic E-state index is 5.94. The molecule has 0 saturated heterocycles. The summed E-state index contributed by atoms with van der Waals surface area (Å²) in [6.07, 6.45) is 2.65. The molecule has 0 aliphatic heterocycles. The van der Waals surface area contributed by atoms with E-state index in [1.54, 1.807) is 0 Å². The van der Waals surface area contributed by atoms with Crippen LogP contribution >= 0.6 is 0 Å². The molecule has 0 amide bonds. The molecule has 0 saturated carbocycles. The Hall–Kier alpha value is -0.120. The van der Waals surface area contributed by atoms with Crippen LogP contribution in [0.5, 0.6) is 0 Å². The highest BCUT2D eigenvalue weighted by molar-refractivity contribution is 4.77. The van der Waals surface area contributed by atoms with E-state index in [4.69, 9.17) is 4.74 Å². The molecule has 0 bridgehead atoms. The van der Waals surface area contributed by atoms with Crippen LogP contribution in [-0.4, -0.2) is 50.8 Å². The largest absolute Gasteiger partial charge is 0.375 e. The summed E-state index contributed by atoms with van der Waals surface area (Å²) in [5, 5.41) is 3.18. The Morgan fingerprint density at radius 1 is 1.33 bits per heavy atom. The van der Waals surface area contributed by atoms with Crippen LogP contribution in [0.1, 0.15) is 33.6 Å². The molecular weight excluding hydrogens is 188 g/mol. The van der Waals surface area contributed by atoms with E-state index in [0.29, 0.717) is 6.10 Å². The van der Waals surface area contributed by atoms with Crippen LogP contribution in [0.25, 0.3) is 0 Å². The maximum atomic E-state index is 5.94. The van der Waals surface area contributed by atoms with Crippen LogP contribution in [0.3, 0.4) is 0 Å². The van der Waals surface area contributed by atoms with E-state index in [-0.39, 0.29) is 5.54 Å². The molecular formula is C12H28N2O. The average Bonchev–Trinajstić information content (AvgIpc) is 2.15. The van der Waals surface area contributed by atoms with Gasteiger partial charge in [-0.3, -0.25) is 0 Å². The van der Waals surface area contributed by atoms with Crippen molar-refractivity contribution in [2.75, 3.05) is 34.3 Å². The Balaban J connectivity index is 3.97. The van der Waals surface area contributed by atoms with Gasteiger partial charge in [-0.1, -0.05) is 13.3 Å². The number of hydrogen-bond donors (Lipinski definition) is 1. The number of ether oxygens (including phenoxy) is 1. The van der Waals surface area contributed by atoms with E-state index in [2.05, 4.69) is 45.1 Å². The summed E-state index contributed by atoms with van der Waals surface area (Å²) in [4.78, 5) is 2.20. The second kappa shape index (κ2) is 7.20. The van der Waals surface area contributed by atoms with Gasteiger partial charge in [-0.2, -0.15) is 0 Å². The van der Waals surface area contributed by atoms with Crippen LogP contribution < -0.4 is 5.32 Å². The Kier molecular flexibility index (Phi) is 7.14. The Labute approximate surface area is 95.2 Å². The second-order valence-electron chi connectivity index (χ2n) is 4.99. The fourth-order valence-corrected chi connectivity index (χ4v) is 1.24. The minimum absolute atomic E-state index is 0.111. The molecule has 92 valence electrons. The summed E-state index contributed by atoms with van der Waals surface area (Å²) >= 11 is 0. The number of nitrogens with one attached hydrogen (secondary N) is 1. The van der Waals surface area contributed by atoms with E-state index in [9.17, 15) is 0 Å². The predicted octanol–water partition coefficient (Wildman–Crippen LogP) is 1.73. The molecule has 0 heterocycles. The minimum Gasteiger partial charge on any atom is -0.375 e. The van der Waals surface area contributed by atoms with Crippen molar-refractivity contribution >= 4 is 0 Å². The first-order chi connectivity index (χ1) is 6.94. The van der Waals surface area contributed by atoms with Gasteiger partial charge in [0.2, 0.25) is 0 Å². The lowest BCUT2D eigenvalue weighted by Gasteiger charge is -2.33. The molecule has 3 heteroatoms. The maximum Gasteiger partial charge on any atom is 0.0700 e. The van der Waals surface area contributed by atoms with Crippen molar-refractivity contribution in [1.82, 2.24) is 10.2 Å². The molecule has 0 aliphatic rings. The molecule has 1 N–H and O–H groups in total. The Bertz CT molecular complexity index is 152. The lowest BCUT2D eigenvalue weighted by atomic mass is 10.1. The zero-order valence-electron chi connectivity index (χ0n) is 11.3. The molecule has 0 aromatic heterocycles. The van der Waals surface area contributed by atoms with Crippen molar-refractivity contribution < 1.29 is 4.74 Å². The van der Waals surface area contributed by atoms with Crippen molar-refractivity contribution in [3.8, 4) is 0 Å². The monoisotopic (exact) mass is 216 g/mol. The summed E-state index contributed by atoms with van der Waals surface area (Å²) < 4.78 is 5.94. The SMILES string of the molecule is CCCC(CNC)OCC(C)(C)N(C)C. The number of likely N-dealkylation sites (N-methyl/N-ethyl adjacent to an activating group) is 2. The fraction of sp³-hybridized carbons (Fsp3) is 1.00. The quantitative estimate of drug-likeness (QED) is 0.669. The average molecular weight is 216 g/mol. The number of rotatable bonds is 8. The van der Waals surface area contributed by atoms with Crippen molar-refractivity contribution in [1.29, 1.82) is 0 Å². The molecule has 0 rings (SSSR count). The van der Waals surface area contributed by atoms with Crippen molar-refractivity contribution in [3.05, 3.63) is 0 Å². The van der Waals surface area contributed by atoms with Gasteiger partial charge in [0.05, 0.1) is 12.7 Å². The standard InChI is InChI=1S/C12H28N2O/c1-7-8-11(9-13-4)15-10-12(2,3)14(5)6/h11,13H,7-10H2,1-6H3. The van der Waals surface area contributed by atoms with Gasteiger partial charge < -0.3 is 15.0 Å². The lowest BCUT2D eigenvalue weighted by Crippen LogP contribution is -2.44. The third-order valence-electron chi connectivity index (χ3n) is 2.93. The molecule has 0 fully saturated rings. The number of nitrogens with zero attached hydrogens (tertiary/aromatic N) is 1. The summed E-state index contributed by atoms with van der Waals surface area (Å²) in [5.74, 6) is 0. The van der Waals surface area contributed by atoms with E-state index >= 15 is 0 Å². The molecule has 0 aliphatic carbocycles. The number of hydrogen-bond acceptors (Lipinski definition) is 3. The third kappa shape index (κ3) is 6.13. The summed E-state index contributed by atoms with van der Waals surface area (Å²) in [5.41, 5.74) is 0.111. The van der Waals surface area contributed by atoms with Crippen LogP contribution in [0.4, 0.5) is 0 Å². The summed E-state index contributed by atoms with van der Waals surface area (Å²) in [6.45, 7) is 8.33. The normalized spacial score (nSPS) is 14.6. The smallest absolute Gasteiger partial charge is 0.0700 e. The zero-order chi connectivity index (χ0) is 11.9. The van der Waals surface area contributed by atoms with Crippen LogP contribution in [0.2, 0.25) is 0 Å². The van der Waals surface area contributed by atoms with E-state index in [0.717, 1.165) is 19.6 Å². The first kappa shape index (κ1) is 14.9.